The third-order valence-electron chi connectivity index (χ3n) is 4.98. The average molecular weight is 455 g/mol. The molecule has 2 N–H and O–H groups in total. The molecule has 2 aromatic heterocycles. The van der Waals surface area contributed by atoms with Crippen molar-refractivity contribution in [2.24, 2.45) is 0 Å². The monoisotopic (exact) mass is 455 g/mol. The second kappa shape index (κ2) is 8.52. The summed E-state index contributed by atoms with van der Waals surface area (Å²) in [7, 11) is -3.63. The van der Waals surface area contributed by atoms with E-state index >= 15 is 0 Å². The number of nitrogens with one attached hydrogen (secondary N) is 2. The molecule has 166 valence electrons. The lowest BCUT2D eigenvalue weighted by Gasteiger charge is -2.07. The molecule has 11 heteroatoms. The Morgan fingerprint density at radius 3 is 2.59 bits per heavy atom. The quantitative estimate of drug-likeness (QED) is 0.403. The molecule has 4 rings (SSSR count). The van der Waals surface area contributed by atoms with Crippen molar-refractivity contribution in [3.63, 3.8) is 0 Å². The lowest BCUT2D eigenvalue weighted by atomic mass is 10.2. The molecule has 4 aromatic rings. The first-order valence-corrected chi connectivity index (χ1v) is 11.4. The molecule has 2 heterocycles. The van der Waals surface area contributed by atoms with Crippen LogP contribution in [-0.2, 0) is 23.0 Å². The summed E-state index contributed by atoms with van der Waals surface area (Å²) in [6.45, 7) is 4.12. The van der Waals surface area contributed by atoms with Crippen molar-refractivity contribution in [2.75, 3.05) is 6.54 Å². The van der Waals surface area contributed by atoms with Crippen molar-refractivity contribution < 1.29 is 12.9 Å². The van der Waals surface area contributed by atoms with Crippen LogP contribution in [0.4, 0.5) is 0 Å². The summed E-state index contributed by atoms with van der Waals surface area (Å²) in [6, 6.07) is 11.6. The molecular weight excluding hydrogens is 434 g/mol. The zero-order valence-corrected chi connectivity index (χ0v) is 18.3. The number of sulfonamides is 1. The average Bonchev–Trinajstić information content (AvgIpc) is 3.23. The minimum atomic E-state index is -3.63. The normalized spacial score (nSPS) is 11.8. The Morgan fingerprint density at radius 2 is 1.88 bits per heavy atom. The van der Waals surface area contributed by atoms with E-state index in [1.165, 1.54) is 4.57 Å². The van der Waals surface area contributed by atoms with E-state index in [9.17, 15) is 18.0 Å². The van der Waals surface area contributed by atoms with Gasteiger partial charge in [-0.3, -0.25) is 9.59 Å². The smallest absolute Gasteiger partial charge is 0.316 e. The minimum Gasteiger partial charge on any atom is -0.339 e. The van der Waals surface area contributed by atoms with E-state index in [2.05, 4.69) is 19.8 Å². The number of hydrogen-bond donors (Lipinski definition) is 2. The third-order valence-corrected chi connectivity index (χ3v) is 6.46. The molecule has 0 amide bonds. The lowest BCUT2D eigenvalue weighted by Crippen LogP contribution is -2.35. The van der Waals surface area contributed by atoms with E-state index in [0.29, 0.717) is 29.0 Å². The molecule has 2 aromatic carbocycles. The van der Waals surface area contributed by atoms with Crippen molar-refractivity contribution in [3.8, 4) is 11.4 Å². The SMILES string of the molecule is CCn1c(=O)c(=O)[nH]c2cc(-c3noc(CCNS(=O)(=O)c4ccc(C)cc4)n3)ccc21. The van der Waals surface area contributed by atoms with Crippen molar-refractivity contribution in [2.45, 2.75) is 31.7 Å². The fourth-order valence-electron chi connectivity index (χ4n) is 3.30. The fourth-order valence-corrected chi connectivity index (χ4v) is 4.33. The summed E-state index contributed by atoms with van der Waals surface area (Å²) in [5.74, 6) is 0.553. The number of aromatic amines is 1. The van der Waals surface area contributed by atoms with Crippen LogP contribution >= 0.6 is 0 Å². The van der Waals surface area contributed by atoms with Crippen LogP contribution in [0.25, 0.3) is 22.4 Å². The van der Waals surface area contributed by atoms with Crippen molar-refractivity contribution in [1.29, 1.82) is 0 Å². The topological polar surface area (TPSA) is 140 Å². The standard InChI is InChI=1S/C21H21N5O5S/c1-3-26-17-9-6-14(12-16(17)23-20(27)21(26)28)19-24-18(31-25-19)10-11-22-32(29,30)15-7-4-13(2)5-8-15/h4-9,12,22H,3,10-11H2,1-2H3,(H,23,27). The maximum Gasteiger partial charge on any atom is 0.316 e. The molecule has 0 spiro atoms. The van der Waals surface area contributed by atoms with Crippen LogP contribution in [0.5, 0.6) is 0 Å². The first kappa shape index (κ1) is 21.7. The Balaban J connectivity index is 1.49. The number of H-pyrrole nitrogens is 1. The number of hydrogen-bond acceptors (Lipinski definition) is 7. The van der Waals surface area contributed by atoms with Crippen LogP contribution in [-0.4, -0.2) is 34.7 Å². The van der Waals surface area contributed by atoms with Crippen LogP contribution in [0, 0.1) is 6.92 Å². The fraction of sp³-hybridized carbons (Fsp3) is 0.238. The molecular formula is C21H21N5O5S. The number of fused-ring (bicyclic) bond motifs is 1. The number of aromatic nitrogens is 4. The largest absolute Gasteiger partial charge is 0.339 e. The highest BCUT2D eigenvalue weighted by molar-refractivity contribution is 7.89. The Bertz CT molecular complexity index is 1500. The number of rotatable bonds is 7. The second-order valence-corrected chi connectivity index (χ2v) is 8.97. The summed E-state index contributed by atoms with van der Waals surface area (Å²) >= 11 is 0. The summed E-state index contributed by atoms with van der Waals surface area (Å²) in [4.78, 5) is 30.9. The van der Waals surface area contributed by atoms with Crippen LogP contribution in [0.3, 0.4) is 0 Å². The van der Waals surface area contributed by atoms with E-state index < -0.39 is 21.1 Å². The van der Waals surface area contributed by atoms with Gasteiger partial charge in [-0.25, -0.2) is 13.1 Å². The van der Waals surface area contributed by atoms with Gasteiger partial charge < -0.3 is 14.1 Å². The molecule has 0 bridgehead atoms. The summed E-state index contributed by atoms with van der Waals surface area (Å²) in [5, 5.41) is 3.93. The molecule has 32 heavy (non-hydrogen) atoms. The predicted molar refractivity (Wildman–Crippen MR) is 118 cm³/mol. The maximum atomic E-state index is 12.4. The summed E-state index contributed by atoms with van der Waals surface area (Å²) in [5.41, 5.74) is 1.32. The van der Waals surface area contributed by atoms with Gasteiger partial charge in [0.1, 0.15) is 0 Å². The van der Waals surface area contributed by atoms with Gasteiger partial charge in [0, 0.05) is 25.1 Å². The van der Waals surface area contributed by atoms with E-state index in [-0.39, 0.29) is 23.8 Å². The van der Waals surface area contributed by atoms with Gasteiger partial charge >= 0.3 is 11.1 Å². The number of benzene rings is 2. The molecule has 0 fully saturated rings. The lowest BCUT2D eigenvalue weighted by molar-refractivity contribution is 0.379. The van der Waals surface area contributed by atoms with Crippen molar-refractivity contribution in [3.05, 3.63) is 74.6 Å². The Labute approximate surface area is 183 Å². The predicted octanol–water partition coefficient (Wildman–Crippen LogP) is 1.59. The number of nitrogens with zero attached hydrogens (tertiary/aromatic N) is 3. The van der Waals surface area contributed by atoms with Crippen LogP contribution in [0.15, 0.2) is 61.5 Å². The van der Waals surface area contributed by atoms with Crippen LogP contribution < -0.4 is 15.8 Å². The van der Waals surface area contributed by atoms with E-state index in [4.69, 9.17) is 4.52 Å². The molecule has 10 nitrogen and oxygen atoms in total. The van der Waals surface area contributed by atoms with Gasteiger partial charge in [-0.05, 0) is 44.2 Å². The van der Waals surface area contributed by atoms with Gasteiger partial charge in [-0.15, -0.1) is 0 Å². The highest BCUT2D eigenvalue weighted by Gasteiger charge is 2.15. The van der Waals surface area contributed by atoms with E-state index in [1.54, 1.807) is 49.4 Å². The molecule has 0 saturated carbocycles. The highest BCUT2D eigenvalue weighted by Crippen LogP contribution is 2.20. The van der Waals surface area contributed by atoms with Crippen molar-refractivity contribution in [1.82, 2.24) is 24.4 Å². The van der Waals surface area contributed by atoms with Crippen LogP contribution in [0.1, 0.15) is 18.4 Å². The molecule has 0 aliphatic carbocycles. The molecule has 0 aliphatic rings. The second-order valence-electron chi connectivity index (χ2n) is 7.21. The van der Waals surface area contributed by atoms with Gasteiger partial charge in [-0.1, -0.05) is 22.9 Å². The van der Waals surface area contributed by atoms with Gasteiger partial charge in [0.15, 0.2) is 0 Å². The molecule has 0 unspecified atom stereocenters. The molecule has 0 atom stereocenters. The van der Waals surface area contributed by atoms with E-state index in [0.717, 1.165) is 5.56 Å². The first-order chi connectivity index (χ1) is 15.3. The molecule has 0 radical (unpaired) electrons. The van der Waals surface area contributed by atoms with Crippen LogP contribution in [0.2, 0.25) is 0 Å². The van der Waals surface area contributed by atoms with Crippen molar-refractivity contribution >= 4 is 21.1 Å². The summed E-state index contributed by atoms with van der Waals surface area (Å²) < 4.78 is 33.8. The number of aryl methyl sites for hydroxylation is 2. The molecule has 0 saturated heterocycles. The van der Waals surface area contributed by atoms with Gasteiger partial charge in [0.2, 0.25) is 21.7 Å². The van der Waals surface area contributed by atoms with Gasteiger partial charge in [0.05, 0.1) is 15.9 Å². The van der Waals surface area contributed by atoms with Gasteiger partial charge in [0.25, 0.3) is 0 Å². The zero-order chi connectivity index (χ0) is 22.9. The molecule has 0 aliphatic heterocycles. The summed E-state index contributed by atoms with van der Waals surface area (Å²) in [6.07, 6.45) is 0.206. The highest BCUT2D eigenvalue weighted by atomic mass is 32.2. The van der Waals surface area contributed by atoms with E-state index in [1.807, 2.05) is 6.92 Å². The minimum absolute atomic E-state index is 0.0889. The first-order valence-electron chi connectivity index (χ1n) is 9.94. The Kier molecular flexibility index (Phi) is 5.76. The third kappa shape index (κ3) is 4.25. The van der Waals surface area contributed by atoms with Gasteiger partial charge in [-0.2, -0.15) is 4.98 Å². The Hall–Kier alpha value is -3.57. The maximum absolute atomic E-state index is 12.4. The zero-order valence-electron chi connectivity index (χ0n) is 17.5. The Morgan fingerprint density at radius 1 is 1.12 bits per heavy atom.